The predicted molar refractivity (Wildman–Crippen MR) is 76.9 cm³/mol. The Labute approximate surface area is 116 Å². The summed E-state index contributed by atoms with van der Waals surface area (Å²) >= 11 is 0. The van der Waals surface area contributed by atoms with Gasteiger partial charge in [-0.15, -0.1) is 0 Å². The maximum Gasteiger partial charge on any atom is 0.118 e. The average molecular weight is 262 g/mol. The molecule has 2 aliphatic rings. The van der Waals surface area contributed by atoms with Crippen molar-refractivity contribution < 1.29 is 4.42 Å². The van der Waals surface area contributed by atoms with Gasteiger partial charge in [-0.2, -0.15) is 0 Å². The molecule has 106 valence electrons. The number of hydrogen-bond donors (Lipinski definition) is 1. The number of rotatable bonds is 5. The maximum absolute atomic E-state index is 5.71. The van der Waals surface area contributed by atoms with Gasteiger partial charge in [0.15, 0.2) is 0 Å². The van der Waals surface area contributed by atoms with Crippen molar-refractivity contribution in [3.05, 3.63) is 23.7 Å². The Morgan fingerprint density at radius 2 is 2.16 bits per heavy atom. The molecule has 2 fully saturated rings. The monoisotopic (exact) mass is 262 g/mol. The fraction of sp³-hybridized carbons (Fsp3) is 0.750. The lowest BCUT2D eigenvalue weighted by Gasteiger charge is -2.18. The van der Waals surface area contributed by atoms with Crippen molar-refractivity contribution >= 4 is 0 Å². The van der Waals surface area contributed by atoms with E-state index in [0.717, 1.165) is 30.8 Å². The van der Waals surface area contributed by atoms with Gasteiger partial charge >= 0.3 is 0 Å². The molecule has 0 amide bonds. The molecular formula is C16H26N2O. The molecule has 3 heteroatoms. The van der Waals surface area contributed by atoms with Gasteiger partial charge in [-0.05, 0) is 57.2 Å². The van der Waals surface area contributed by atoms with E-state index in [2.05, 4.69) is 23.2 Å². The Kier molecular flexibility index (Phi) is 4.24. The van der Waals surface area contributed by atoms with Crippen molar-refractivity contribution in [1.29, 1.82) is 0 Å². The van der Waals surface area contributed by atoms with Gasteiger partial charge in [0.1, 0.15) is 5.76 Å². The molecule has 3 rings (SSSR count). The molecule has 0 radical (unpaired) electrons. The predicted octanol–water partition coefficient (Wildman–Crippen LogP) is 3.15. The van der Waals surface area contributed by atoms with Gasteiger partial charge in [0.05, 0.1) is 12.8 Å². The minimum atomic E-state index is 0.769. The third kappa shape index (κ3) is 4.08. The molecule has 1 aliphatic carbocycles. The second-order valence-electron chi connectivity index (χ2n) is 6.39. The number of nitrogens with one attached hydrogen (secondary N) is 1. The van der Waals surface area contributed by atoms with Crippen molar-refractivity contribution in [3.8, 4) is 0 Å². The van der Waals surface area contributed by atoms with E-state index in [1.165, 1.54) is 50.8 Å². The summed E-state index contributed by atoms with van der Waals surface area (Å²) in [5, 5.41) is 3.53. The van der Waals surface area contributed by atoms with Crippen molar-refractivity contribution in [1.82, 2.24) is 10.2 Å². The first-order chi connectivity index (χ1) is 9.29. The molecule has 0 aromatic carbocycles. The van der Waals surface area contributed by atoms with Crippen LogP contribution in [0.15, 0.2) is 16.7 Å². The van der Waals surface area contributed by atoms with E-state index >= 15 is 0 Å². The zero-order chi connectivity index (χ0) is 13.1. The van der Waals surface area contributed by atoms with Crippen LogP contribution in [-0.2, 0) is 13.1 Å². The molecule has 1 saturated carbocycles. The highest BCUT2D eigenvalue weighted by atomic mass is 16.3. The second kappa shape index (κ2) is 6.10. The Hall–Kier alpha value is -0.800. The first kappa shape index (κ1) is 13.2. The Morgan fingerprint density at radius 1 is 1.26 bits per heavy atom. The normalized spacial score (nSPS) is 25.4. The Bertz CT molecular complexity index is 397. The fourth-order valence-corrected chi connectivity index (χ4v) is 2.85. The van der Waals surface area contributed by atoms with Gasteiger partial charge in [0.25, 0.3) is 0 Å². The van der Waals surface area contributed by atoms with Gasteiger partial charge < -0.3 is 9.73 Å². The second-order valence-corrected chi connectivity index (χ2v) is 6.39. The molecule has 1 saturated heterocycles. The molecule has 0 spiro atoms. The van der Waals surface area contributed by atoms with E-state index in [-0.39, 0.29) is 0 Å². The Balaban J connectivity index is 1.48. The summed E-state index contributed by atoms with van der Waals surface area (Å²) in [5.41, 5.74) is 1.30. The lowest BCUT2D eigenvalue weighted by molar-refractivity contribution is 0.250. The smallest absolute Gasteiger partial charge is 0.118 e. The zero-order valence-corrected chi connectivity index (χ0v) is 12.0. The standard InChI is InChI=1S/C16H26N2O/c1-13-3-2-7-18(8-6-13)11-16-9-14(12-19-16)10-17-15-4-5-15/h9,12-13,15,17H,2-8,10-11H2,1H3. The summed E-state index contributed by atoms with van der Waals surface area (Å²) in [4.78, 5) is 2.54. The molecule has 1 aliphatic heterocycles. The molecule has 19 heavy (non-hydrogen) atoms. The topological polar surface area (TPSA) is 28.4 Å². The third-order valence-electron chi connectivity index (χ3n) is 4.37. The van der Waals surface area contributed by atoms with Crippen LogP contribution in [0.3, 0.4) is 0 Å². The van der Waals surface area contributed by atoms with Gasteiger partial charge in [0.2, 0.25) is 0 Å². The first-order valence-electron chi connectivity index (χ1n) is 7.81. The van der Waals surface area contributed by atoms with E-state index in [1.807, 2.05) is 6.26 Å². The Morgan fingerprint density at radius 3 is 3.00 bits per heavy atom. The van der Waals surface area contributed by atoms with Crippen LogP contribution in [0.2, 0.25) is 0 Å². The van der Waals surface area contributed by atoms with Crippen molar-refractivity contribution in [2.45, 2.75) is 58.2 Å². The highest BCUT2D eigenvalue weighted by Gasteiger charge is 2.20. The number of nitrogens with zero attached hydrogens (tertiary/aromatic N) is 1. The molecule has 2 heterocycles. The lowest BCUT2D eigenvalue weighted by Crippen LogP contribution is -2.24. The molecule has 1 aromatic rings. The molecular weight excluding hydrogens is 236 g/mol. The maximum atomic E-state index is 5.71. The summed E-state index contributed by atoms with van der Waals surface area (Å²) < 4.78 is 5.71. The van der Waals surface area contributed by atoms with Gasteiger partial charge in [-0.1, -0.05) is 6.92 Å². The summed E-state index contributed by atoms with van der Waals surface area (Å²) in [6, 6.07) is 2.99. The summed E-state index contributed by atoms with van der Waals surface area (Å²) in [6.07, 6.45) is 8.65. The highest BCUT2D eigenvalue weighted by Crippen LogP contribution is 2.21. The summed E-state index contributed by atoms with van der Waals surface area (Å²) in [6.45, 7) is 6.76. The van der Waals surface area contributed by atoms with Crippen LogP contribution in [0.4, 0.5) is 0 Å². The molecule has 1 N–H and O–H groups in total. The lowest BCUT2D eigenvalue weighted by atomic mass is 10.0. The van der Waals surface area contributed by atoms with Gasteiger partial charge in [-0.3, -0.25) is 4.90 Å². The van der Waals surface area contributed by atoms with E-state index in [9.17, 15) is 0 Å². The van der Waals surface area contributed by atoms with Crippen LogP contribution in [0.5, 0.6) is 0 Å². The average Bonchev–Trinajstić information content (AvgIpc) is 3.16. The zero-order valence-electron chi connectivity index (χ0n) is 12.0. The van der Waals surface area contributed by atoms with Crippen LogP contribution in [0.25, 0.3) is 0 Å². The van der Waals surface area contributed by atoms with E-state index in [0.29, 0.717) is 0 Å². The van der Waals surface area contributed by atoms with Crippen LogP contribution in [0.1, 0.15) is 50.4 Å². The molecule has 1 aromatic heterocycles. The van der Waals surface area contributed by atoms with Crippen molar-refractivity contribution in [2.24, 2.45) is 5.92 Å². The number of likely N-dealkylation sites (tertiary alicyclic amines) is 1. The minimum absolute atomic E-state index is 0.769. The molecule has 3 nitrogen and oxygen atoms in total. The third-order valence-corrected chi connectivity index (χ3v) is 4.37. The summed E-state index contributed by atoms with van der Waals surface area (Å²) in [5.74, 6) is 2.02. The van der Waals surface area contributed by atoms with Crippen LogP contribution >= 0.6 is 0 Å². The largest absolute Gasteiger partial charge is 0.468 e. The van der Waals surface area contributed by atoms with Gasteiger partial charge in [0, 0.05) is 18.2 Å². The summed E-state index contributed by atoms with van der Waals surface area (Å²) in [7, 11) is 0. The van der Waals surface area contributed by atoms with E-state index < -0.39 is 0 Å². The number of furan rings is 1. The first-order valence-corrected chi connectivity index (χ1v) is 7.81. The number of hydrogen-bond acceptors (Lipinski definition) is 3. The van der Waals surface area contributed by atoms with Crippen LogP contribution in [0, 0.1) is 5.92 Å². The van der Waals surface area contributed by atoms with Crippen LogP contribution < -0.4 is 5.32 Å². The molecule has 1 atom stereocenters. The molecule has 1 unspecified atom stereocenters. The van der Waals surface area contributed by atoms with Gasteiger partial charge in [-0.25, -0.2) is 0 Å². The van der Waals surface area contributed by atoms with Crippen molar-refractivity contribution in [3.63, 3.8) is 0 Å². The quantitative estimate of drug-likeness (QED) is 0.883. The fourth-order valence-electron chi connectivity index (χ4n) is 2.85. The van der Waals surface area contributed by atoms with E-state index in [1.54, 1.807) is 0 Å². The SMILES string of the molecule is CC1CCCN(Cc2cc(CNC3CC3)co2)CC1. The van der Waals surface area contributed by atoms with Crippen LogP contribution in [-0.4, -0.2) is 24.0 Å². The van der Waals surface area contributed by atoms with Crippen molar-refractivity contribution in [2.75, 3.05) is 13.1 Å². The van der Waals surface area contributed by atoms with E-state index in [4.69, 9.17) is 4.42 Å². The minimum Gasteiger partial charge on any atom is -0.468 e. The highest BCUT2D eigenvalue weighted by molar-refractivity contribution is 5.13. The molecule has 0 bridgehead atoms.